The second-order valence-electron chi connectivity index (χ2n) is 6.06. The van der Waals surface area contributed by atoms with E-state index in [4.69, 9.17) is 5.84 Å². The number of nitrogens with zero attached hydrogens (tertiary/aromatic N) is 4. The highest BCUT2D eigenvalue weighted by molar-refractivity contribution is 5.96. The van der Waals surface area contributed by atoms with Crippen LogP contribution in [0.3, 0.4) is 0 Å². The summed E-state index contributed by atoms with van der Waals surface area (Å²) in [6, 6.07) is 15.6. The number of aromatic nitrogens is 2. The summed E-state index contributed by atoms with van der Waals surface area (Å²) in [6.45, 7) is 1.86. The van der Waals surface area contributed by atoms with E-state index in [9.17, 15) is 10.1 Å². The van der Waals surface area contributed by atoms with Crippen molar-refractivity contribution in [2.75, 3.05) is 5.32 Å². The van der Waals surface area contributed by atoms with Crippen LogP contribution in [-0.4, -0.2) is 20.7 Å². The molecule has 9 nitrogen and oxygen atoms in total. The molecule has 27 heavy (non-hydrogen) atoms. The van der Waals surface area contributed by atoms with Gasteiger partial charge in [0.15, 0.2) is 0 Å². The summed E-state index contributed by atoms with van der Waals surface area (Å²) in [5, 5.41) is 19.3. The SMILES string of the molecule is Cc1nn(-c2ccccc2)c2c1C(c1ccccc1[N+](=O)[O-])N=C(NN)N2. The van der Waals surface area contributed by atoms with Crippen molar-refractivity contribution in [1.29, 1.82) is 0 Å². The maximum Gasteiger partial charge on any atom is 0.275 e. The second-order valence-corrected chi connectivity index (χ2v) is 6.06. The molecule has 3 aromatic rings. The van der Waals surface area contributed by atoms with E-state index in [0.29, 0.717) is 17.3 Å². The van der Waals surface area contributed by atoms with E-state index < -0.39 is 11.0 Å². The first-order chi connectivity index (χ1) is 13.1. The van der Waals surface area contributed by atoms with Crippen LogP contribution in [0.15, 0.2) is 59.6 Å². The Morgan fingerprint density at radius 2 is 1.89 bits per heavy atom. The van der Waals surface area contributed by atoms with Gasteiger partial charge in [0.2, 0.25) is 5.96 Å². The Labute approximate surface area is 154 Å². The molecule has 1 unspecified atom stereocenters. The molecule has 0 spiro atoms. The fourth-order valence-corrected chi connectivity index (χ4v) is 3.26. The lowest BCUT2D eigenvalue weighted by molar-refractivity contribution is -0.385. The van der Waals surface area contributed by atoms with Crippen molar-refractivity contribution in [1.82, 2.24) is 15.2 Å². The number of guanidine groups is 1. The first-order valence-corrected chi connectivity index (χ1v) is 8.30. The van der Waals surface area contributed by atoms with Gasteiger partial charge in [-0.25, -0.2) is 15.5 Å². The van der Waals surface area contributed by atoms with Gasteiger partial charge in [-0.15, -0.1) is 0 Å². The molecule has 2 heterocycles. The minimum atomic E-state index is -0.605. The van der Waals surface area contributed by atoms with E-state index >= 15 is 0 Å². The largest absolute Gasteiger partial charge is 0.309 e. The molecule has 0 saturated heterocycles. The number of benzene rings is 2. The van der Waals surface area contributed by atoms with Crippen LogP contribution < -0.4 is 16.6 Å². The van der Waals surface area contributed by atoms with E-state index in [1.54, 1.807) is 22.9 Å². The first-order valence-electron chi connectivity index (χ1n) is 8.30. The van der Waals surface area contributed by atoms with Gasteiger partial charge in [-0.3, -0.25) is 15.5 Å². The standard InChI is InChI=1S/C18H17N7O2/c1-11-15-16(13-9-5-6-10-14(13)25(26)27)20-18(22-19)21-17(15)24(23-11)12-7-3-2-4-8-12/h2-10,16H,19H2,1H3,(H2,20,21,22). The third kappa shape index (κ3) is 2.79. The molecule has 4 N–H and O–H groups in total. The molecule has 1 aliphatic heterocycles. The molecule has 9 heteroatoms. The zero-order chi connectivity index (χ0) is 19.0. The Balaban J connectivity index is 1.94. The monoisotopic (exact) mass is 363 g/mol. The minimum Gasteiger partial charge on any atom is -0.309 e. The van der Waals surface area contributed by atoms with Crippen molar-refractivity contribution in [3.05, 3.63) is 81.5 Å². The Bertz CT molecular complexity index is 1040. The predicted molar refractivity (Wildman–Crippen MR) is 102 cm³/mol. The number of rotatable bonds is 3. The highest BCUT2D eigenvalue weighted by Crippen LogP contribution is 2.41. The highest BCUT2D eigenvalue weighted by Gasteiger charge is 2.33. The van der Waals surface area contributed by atoms with E-state index in [0.717, 1.165) is 16.9 Å². The molecule has 0 fully saturated rings. The van der Waals surface area contributed by atoms with Crippen molar-refractivity contribution in [2.24, 2.45) is 10.8 Å². The van der Waals surface area contributed by atoms with Crippen molar-refractivity contribution < 1.29 is 4.92 Å². The summed E-state index contributed by atoms with van der Waals surface area (Å²) >= 11 is 0. The fourth-order valence-electron chi connectivity index (χ4n) is 3.26. The number of fused-ring (bicyclic) bond motifs is 1. The molecule has 1 aromatic heterocycles. The van der Waals surface area contributed by atoms with Crippen LogP contribution in [-0.2, 0) is 0 Å². The first kappa shape index (κ1) is 16.7. The van der Waals surface area contributed by atoms with Gasteiger partial charge in [-0.2, -0.15) is 5.10 Å². The third-order valence-electron chi connectivity index (χ3n) is 4.44. The summed E-state index contributed by atoms with van der Waals surface area (Å²) in [5.74, 6) is 6.57. The molecule has 136 valence electrons. The second kappa shape index (κ2) is 6.54. The molecule has 1 atom stereocenters. The number of hydrogen-bond donors (Lipinski definition) is 3. The number of hydrazine groups is 1. The number of nitrogens with two attached hydrogens (primary N) is 1. The summed E-state index contributed by atoms with van der Waals surface area (Å²) < 4.78 is 1.75. The number of nitro benzene ring substituents is 1. The Morgan fingerprint density at radius 3 is 2.59 bits per heavy atom. The number of aliphatic imine (C=N–C) groups is 1. The molecule has 1 aliphatic rings. The number of nitrogens with one attached hydrogen (secondary N) is 2. The number of nitro groups is 1. The van der Waals surface area contributed by atoms with Gasteiger partial charge in [0.05, 0.1) is 21.9 Å². The highest BCUT2D eigenvalue weighted by atomic mass is 16.6. The molecule has 0 aliphatic carbocycles. The number of aryl methyl sites for hydroxylation is 1. The van der Waals surface area contributed by atoms with Crippen LogP contribution in [0.1, 0.15) is 22.9 Å². The average molecular weight is 363 g/mol. The van der Waals surface area contributed by atoms with E-state index in [1.165, 1.54) is 6.07 Å². The summed E-state index contributed by atoms with van der Waals surface area (Å²) in [6.07, 6.45) is 0. The zero-order valence-corrected chi connectivity index (χ0v) is 14.5. The van der Waals surface area contributed by atoms with Crippen molar-refractivity contribution >= 4 is 17.5 Å². The van der Waals surface area contributed by atoms with Gasteiger partial charge in [0, 0.05) is 11.6 Å². The lowest BCUT2D eigenvalue weighted by Gasteiger charge is -2.23. The molecular formula is C18H17N7O2. The van der Waals surface area contributed by atoms with Gasteiger partial charge >= 0.3 is 0 Å². The van der Waals surface area contributed by atoms with Crippen molar-refractivity contribution in [2.45, 2.75) is 13.0 Å². The Kier molecular flexibility index (Phi) is 4.05. The van der Waals surface area contributed by atoms with Gasteiger partial charge < -0.3 is 5.32 Å². The van der Waals surface area contributed by atoms with Crippen LogP contribution in [0.4, 0.5) is 11.5 Å². The number of anilines is 1. The number of para-hydroxylation sites is 2. The van der Waals surface area contributed by atoms with E-state index in [2.05, 4.69) is 20.8 Å². The van der Waals surface area contributed by atoms with E-state index in [1.807, 2.05) is 37.3 Å². The summed E-state index contributed by atoms with van der Waals surface area (Å²) in [7, 11) is 0. The predicted octanol–water partition coefficient (Wildman–Crippen LogP) is 2.42. The van der Waals surface area contributed by atoms with Gasteiger partial charge in [0.1, 0.15) is 11.9 Å². The maximum absolute atomic E-state index is 11.5. The van der Waals surface area contributed by atoms with Crippen molar-refractivity contribution in [3.8, 4) is 5.69 Å². The van der Waals surface area contributed by atoms with Crippen LogP contribution >= 0.6 is 0 Å². The number of hydrogen-bond acceptors (Lipinski definition) is 7. The van der Waals surface area contributed by atoms with Crippen LogP contribution in [0, 0.1) is 17.0 Å². The lowest BCUT2D eigenvalue weighted by Crippen LogP contribution is -2.39. The zero-order valence-electron chi connectivity index (χ0n) is 14.5. The average Bonchev–Trinajstić information content (AvgIpc) is 3.04. The van der Waals surface area contributed by atoms with Gasteiger partial charge in [-0.1, -0.05) is 30.3 Å². The van der Waals surface area contributed by atoms with E-state index in [-0.39, 0.29) is 5.69 Å². The molecule has 0 bridgehead atoms. The minimum absolute atomic E-state index is 0.00216. The molecule has 0 amide bonds. The van der Waals surface area contributed by atoms with Gasteiger partial charge in [0.25, 0.3) is 5.69 Å². The summed E-state index contributed by atoms with van der Waals surface area (Å²) in [5.41, 5.74) is 5.34. The molecule has 0 saturated carbocycles. The van der Waals surface area contributed by atoms with Crippen molar-refractivity contribution in [3.63, 3.8) is 0 Å². The van der Waals surface area contributed by atoms with Crippen LogP contribution in [0.25, 0.3) is 5.69 Å². The quantitative estimate of drug-likeness (QED) is 0.373. The van der Waals surface area contributed by atoms with Crippen LogP contribution in [0.5, 0.6) is 0 Å². The molecule has 2 aromatic carbocycles. The Morgan fingerprint density at radius 1 is 1.19 bits per heavy atom. The smallest absolute Gasteiger partial charge is 0.275 e. The molecule has 0 radical (unpaired) electrons. The maximum atomic E-state index is 11.5. The molecular weight excluding hydrogens is 346 g/mol. The fraction of sp³-hybridized carbons (Fsp3) is 0.111. The van der Waals surface area contributed by atoms with Gasteiger partial charge in [-0.05, 0) is 25.1 Å². The normalized spacial score (nSPS) is 15.5. The van der Waals surface area contributed by atoms with Crippen LogP contribution in [0.2, 0.25) is 0 Å². The Hall–Kier alpha value is -3.72. The molecule has 4 rings (SSSR count). The summed E-state index contributed by atoms with van der Waals surface area (Å²) in [4.78, 5) is 15.7. The lowest BCUT2D eigenvalue weighted by atomic mass is 9.96. The third-order valence-corrected chi connectivity index (χ3v) is 4.44. The topological polar surface area (TPSA) is 123 Å².